The van der Waals surface area contributed by atoms with E-state index >= 15 is 0 Å². The molecule has 0 amide bonds. The molecule has 0 radical (unpaired) electrons. The number of hydrogen-bond acceptors (Lipinski definition) is 2. The molecule has 136 valence electrons. The van der Waals surface area contributed by atoms with Crippen LogP contribution in [0.3, 0.4) is 0 Å². The van der Waals surface area contributed by atoms with Gasteiger partial charge in [0.25, 0.3) is 0 Å². The van der Waals surface area contributed by atoms with Crippen LogP contribution < -0.4 is 0 Å². The van der Waals surface area contributed by atoms with Gasteiger partial charge in [-0.3, -0.25) is 0 Å². The number of amidine groups is 1. The molecule has 1 rings (SSSR count). The molecule has 0 aromatic heterocycles. The number of alkyl halides is 6. The molecule has 2 nitrogen and oxygen atoms in total. The minimum Gasteiger partial charge on any atom is -0.366 e. The minimum atomic E-state index is -4.49. The average molecular weight is 413 g/mol. The van der Waals surface area contributed by atoms with Crippen molar-refractivity contribution < 1.29 is 26.3 Å². The lowest BCUT2D eigenvalue weighted by Crippen LogP contribution is -2.27. The Morgan fingerprint density at radius 1 is 1.04 bits per heavy atom. The van der Waals surface area contributed by atoms with Gasteiger partial charge in [0.05, 0.1) is 21.5 Å². The van der Waals surface area contributed by atoms with Gasteiger partial charge in [-0.05, 0) is 12.1 Å². The summed E-state index contributed by atoms with van der Waals surface area (Å²) < 4.78 is 74.6. The van der Waals surface area contributed by atoms with Crippen LogP contribution >= 0.6 is 35.0 Å². The van der Waals surface area contributed by atoms with Crippen molar-refractivity contribution in [1.82, 2.24) is 4.90 Å². The van der Waals surface area contributed by atoms with E-state index in [1.54, 1.807) is 0 Å². The maximum absolute atomic E-state index is 12.6. The van der Waals surface area contributed by atoms with E-state index < -0.39 is 24.5 Å². The number of rotatable bonds is 4. The Balaban J connectivity index is 3.19. The minimum absolute atomic E-state index is 0.0299. The molecule has 11 heteroatoms. The van der Waals surface area contributed by atoms with E-state index in [1.165, 1.54) is 14.1 Å². The fourth-order valence-electron chi connectivity index (χ4n) is 1.49. The zero-order valence-electron chi connectivity index (χ0n) is 12.4. The SMILES string of the molecule is CN(C)C(CC(F)(F)F)=Nc1cc(SCC(F)(F)F)c(Cl)cc1Cl. The summed E-state index contributed by atoms with van der Waals surface area (Å²) in [6.07, 6.45) is -10.2. The summed E-state index contributed by atoms with van der Waals surface area (Å²) >= 11 is 12.1. The van der Waals surface area contributed by atoms with Crippen LogP contribution in [0.2, 0.25) is 10.0 Å². The number of halogens is 8. The van der Waals surface area contributed by atoms with Crippen molar-refractivity contribution in [3.63, 3.8) is 0 Å². The van der Waals surface area contributed by atoms with Crippen LogP contribution in [-0.2, 0) is 0 Å². The van der Waals surface area contributed by atoms with E-state index in [4.69, 9.17) is 23.2 Å². The molecule has 0 bridgehead atoms. The summed E-state index contributed by atoms with van der Waals surface area (Å²) in [4.78, 5) is 5.01. The zero-order valence-corrected chi connectivity index (χ0v) is 14.7. The van der Waals surface area contributed by atoms with E-state index in [0.29, 0.717) is 11.8 Å². The maximum atomic E-state index is 12.6. The molecule has 0 saturated carbocycles. The fourth-order valence-corrected chi connectivity index (χ4v) is 2.79. The molecule has 0 aliphatic rings. The molecule has 0 fully saturated rings. The summed E-state index contributed by atoms with van der Waals surface area (Å²) in [5.41, 5.74) is -0.0845. The van der Waals surface area contributed by atoms with Crippen LogP contribution in [-0.4, -0.2) is 42.9 Å². The Morgan fingerprint density at radius 2 is 1.62 bits per heavy atom. The Hall–Kier alpha value is -0.800. The second-order valence-electron chi connectivity index (χ2n) is 4.85. The second kappa shape index (κ2) is 8.05. The van der Waals surface area contributed by atoms with Gasteiger partial charge in [0, 0.05) is 19.0 Å². The van der Waals surface area contributed by atoms with Crippen LogP contribution in [0.25, 0.3) is 0 Å². The second-order valence-corrected chi connectivity index (χ2v) is 6.68. The number of hydrogen-bond donors (Lipinski definition) is 0. The number of aliphatic imine (C=N–C) groups is 1. The number of nitrogens with zero attached hydrogens (tertiary/aromatic N) is 2. The number of benzene rings is 1. The van der Waals surface area contributed by atoms with Crippen molar-refractivity contribution in [3.05, 3.63) is 22.2 Å². The maximum Gasteiger partial charge on any atom is 0.398 e. The van der Waals surface area contributed by atoms with E-state index in [2.05, 4.69) is 4.99 Å². The molecule has 1 aromatic carbocycles. The predicted molar refractivity (Wildman–Crippen MR) is 84.7 cm³/mol. The zero-order chi connectivity index (χ0) is 18.7. The number of thioether (sulfide) groups is 1. The standard InChI is InChI=1S/C13H12Cl2F6N2S/c1-23(2)11(5-12(16,17)18)22-9-4-10(8(15)3-7(9)14)24-6-13(19,20)21/h3-4H,5-6H2,1-2H3. The van der Waals surface area contributed by atoms with Crippen molar-refractivity contribution in [2.45, 2.75) is 23.7 Å². The highest BCUT2D eigenvalue weighted by Gasteiger charge is 2.31. The van der Waals surface area contributed by atoms with E-state index in [0.717, 1.165) is 17.0 Å². The molecule has 24 heavy (non-hydrogen) atoms. The average Bonchev–Trinajstić information content (AvgIpc) is 2.36. The highest BCUT2D eigenvalue weighted by atomic mass is 35.5. The van der Waals surface area contributed by atoms with Crippen molar-refractivity contribution in [2.75, 3.05) is 19.8 Å². The topological polar surface area (TPSA) is 15.6 Å². The summed E-state index contributed by atoms with van der Waals surface area (Å²) in [5, 5.41) is -0.0895. The molecule has 0 heterocycles. The highest BCUT2D eigenvalue weighted by molar-refractivity contribution is 7.99. The van der Waals surface area contributed by atoms with Gasteiger partial charge < -0.3 is 4.90 Å². The quantitative estimate of drug-likeness (QED) is 0.253. The van der Waals surface area contributed by atoms with Gasteiger partial charge in [0.15, 0.2) is 0 Å². The first-order valence-electron chi connectivity index (χ1n) is 6.29. The molecule has 0 aliphatic heterocycles. The molecule has 0 spiro atoms. The largest absolute Gasteiger partial charge is 0.398 e. The summed E-state index contributed by atoms with van der Waals surface area (Å²) in [6.45, 7) is 0. The van der Waals surface area contributed by atoms with Crippen molar-refractivity contribution in [1.29, 1.82) is 0 Å². The van der Waals surface area contributed by atoms with Gasteiger partial charge in [-0.1, -0.05) is 23.2 Å². The lowest BCUT2D eigenvalue weighted by molar-refractivity contribution is -0.122. The summed E-state index contributed by atoms with van der Waals surface area (Å²) in [5.74, 6) is -1.53. The van der Waals surface area contributed by atoms with Crippen LogP contribution in [0.1, 0.15) is 6.42 Å². The van der Waals surface area contributed by atoms with Gasteiger partial charge in [-0.2, -0.15) is 26.3 Å². The van der Waals surface area contributed by atoms with Crippen LogP contribution in [0.4, 0.5) is 32.0 Å². The molecular formula is C13H12Cl2F6N2S. The van der Waals surface area contributed by atoms with Gasteiger partial charge in [-0.25, -0.2) is 4.99 Å². The Morgan fingerprint density at radius 3 is 2.08 bits per heavy atom. The van der Waals surface area contributed by atoms with Crippen LogP contribution in [0.5, 0.6) is 0 Å². The lowest BCUT2D eigenvalue weighted by atomic mass is 10.3. The van der Waals surface area contributed by atoms with Crippen LogP contribution in [0.15, 0.2) is 22.0 Å². The lowest BCUT2D eigenvalue weighted by Gasteiger charge is -2.18. The fraction of sp³-hybridized carbons (Fsp3) is 0.462. The molecular weight excluding hydrogens is 401 g/mol. The van der Waals surface area contributed by atoms with Gasteiger partial charge in [0.1, 0.15) is 12.3 Å². The van der Waals surface area contributed by atoms with Gasteiger partial charge in [0.2, 0.25) is 0 Å². The molecule has 1 aromatic rings. The molecule has 0 unspecified atom stereocenters. The van der Waals surface area contributed by atoms with E-state index in [9.17, 15) is 26.3 Å². The Labute approximate surface area is 148 Å². The normalized spacial score (nSPS) is 13.3. The summed E-state index contributed by atoms with van der Waals surface area (Å²) in [6, 6.07) is 2.29. The summed E-state index contributed by atoms with van der Waals surface area (Å²) in [7, 11) is 2.74. The first-order chi connectivity index (χ1) is 10.8. The first-order valence-corrected chi connectivity index (χ1v) is 8.03. The van der Waals surface area contributed by atoms with Crippen molar-refractivity contribution in [3.8, 4) is 0 Å². The van der Waals surface area contributed by atoms with E-state index in [-0.39, 0.29) is 26.5 Å². The van der Waals surface area contributed by atoms with Crippen molar-refractivity contribution in [2.24, 2.45) is 4.99 Å². The van der Waals surface area contributed by atoms with Gasteiger partial charge in [-0.15, -0.1) is 11.8 Å². The predicted octanol–water partition coefficient (Wildman–Crippen LogP) is 6.19. The third kappa shape index (κ3) is 7.40. The van der Waals surface area contributed by atoms with Gasteiger partial charge >= 0.3 is 12.4 Å². The van der Waals surface area contributed by atoms with E-state index in [1.807, 2.05) is 0 Å². The first kappa shape index (κ1) is 21.2. The highest BCUT2D eigenvalue weighted by Crippen LogP contribution is 2.39. The smallest absolute Gasteiger partial charge is 0.366 e. The molecule has 0 N–H and O–H groups in total. The third-order valence-corrected chi connectivity index (χ3v) is 4.36. The Kier molecular flexibility index (Phi) is 7.13. The van der Waals surface area contributed by atoms with Crippen molar-refractivity contribution >= 4 is 46.5 Å². The molecule has 0 aliphatic carbocycles. The third-order valence-electron chi connectivity index (χ3n) is 2.52. The Bertz CT molecular complexity index is 614. The molecule has 0 saturated heterocycles. The van der Waals surface area contributed by atoms with Crippen LogP contribution in [0, 0.1) is 0 Å². The monoisotopic (exact) mass is 412 g/mol. The molecule has 0 atom stereocenters.